The Kier molecular flexibility index (Phi) is 9.09. The number of phenolic OH excluding ortho intramolecular Hbond substituents is 1. The molecule has 0 atom stereocenters. The summed E-state index contributed by atoms with van der Waals surface area (Å²) in [6.07, 6.45) is 6.13. The molecular formula is C24H31NO4. The Labute approximate surface area is 173 Å². The summed E-state index contributed by atoms with van der Waals surface area (Å²) in [5.74, 6) is 1.97. The van der Waals surface area contributed by atoms with Crippen molar-refractivity contribution in [1.82, 2.24) is 5.32 Å². The zero-order valence-electron chi connectivity index (χ0n) is 17.5. The predicted molar refractivity (Wildman–Crippen MR) is 116 cm³/mol. The Morgan fingerprint density at radius 3 is 2.48 bits per heavy atom. The van der Waals surface area contributed by atoms with Crippen LogP contribution in [0.15, 0.2) is 48.5 Å². The monoisotopic (exact) mass is 397 g/mol. The summed E-state index contributed by atoms with van der Waals surface area (Å²) in [6, 6.07) is 12.6. The third-order valence-corrected chi connectivity index (χ3v) is 4.89. The van der Waals surface area contributed by atoms with Gasteiger partial charge in [-0.15, -0.1) is 0 Å². The van der Waals surface area contributed by atoms with Gasteiger partial charge in [-0.1, -0.05) is 44.9 Å². The minimum Gasteiger partial charge on any atom is -0.508 e. The summed E-state index contributed by atoms with van der Waals surface area (Å²) < 4.78 is 11.3. The van der Waals surface area contributed by atoms with E-state index in [0.717, 1.165) is 24.0 Å². The third kappa shape index (κ3) is 7.53. The van der Waals surface area contributed by atoms with E-state index in [9.17, 15) is 9.90 Å². The van der Waals surface area contributed by atoms with Crippen LogP contribution in [0.4, 0.5) is 0 Å². The third-order valence-electron chi connectivity index (χ3n) is 4.89. The van der Waals surface area contributed by atoms with E-state index >= 15 is 0 Å². The number of hydrogen-bond acceptors (Lipinski definition) is 4. The Bertz CT molecular complexity index is 795. The number of carbonyl (C=O) groups excluding carboxylic acids is 1. The highest BCUT2D eigenvalue weighted by molar-refractivity contribution is 5.91. The second-order valence-electron chi connectivity index (χ2n) is 6.94. The minimum atomic E-state index is -0.154. The van der Waals surface area contributed by atoms with E-state index in [0.29, 0.717) is 37.0 Å². The Hall–Kier alpha value is -2.95. The van der Waals surface area contributed by atoms with Crippen molar-refractivity contribution in [3.8, 4) is 17.2 Å². The largest absolute Gasteiger partial charge is 0.508 e. The van der Waals surface area contributed by atoms with E-state index in [-0.39, 0.29) is 11.7 Å². The summed E-state index contributed by atoms with van der Waals surface area (Å²) in [5, 5.41) is 12.2. The fourth-order valence-electron chi connectivity index (χ4n) is 2.87. The quantitative estimate of drug-likeness (QED) is 0.544. The van der Waals surface area contributed by atoms with Crippen LogP contribution >= 0.6 is 0 Å². The highest BCUT2D eigenvalue weighted by Gasteiger charge is 2.09. The smallest absolute Gasteiger partial charge is 0.244 e. The van der Waals surface area contributed by atoms with Crippen LogP contribution in [0.1, 0.15) is 37.8 Å². The van der Waals surface area contributed by atoms with Crippen molar-refractivity contribution in [2.75, 3.05) is 20.3 Å². The number of carbonyl (C=O) groups is 1. The second-order valence-corrected chi connectivity index (χ2v) is 6.94. The number of hydrogen-bond donors (Lipinski definition) is 2. The lowest BCUT2D eigenvalue weighted by Crippen LogP contribution is -2.23. The first kappa shape index (κ1) is 22.3. The number of phenols is 1. The van der Waals surface area contributed by atoms with Crippen LogP contribution in [0.5, 0.6) is 17.2 Å². The lowest BCUT2D eigenvalue weighted by atomic mass is 10.1. The zero-order chi connectivity index (χ0) is 21.1. The van der Waals surface area contributed by atoms with Crippen molar-refractivity contribution in [2.24, 2.45) is 5.92 Å². The van der Waals surface area contributed by atoms with Gasteiger partial charge in [0.25, 0.3) is 0 Å². The topological polar surface area (TPSA) is 67.8 Å². The van der Waals surface area contributed by atoms with Crippen molar-refractivity contribution in [3.63, 3.8) is 0 Å². The first-order valence-corrected chi connectivity index (χ1v) is 10.1. The van der Waals surface area contributed by atoms with Crippen LogP contribution in [0.25, 0.3) is 6.08 Å². The van der Waals surface area contributed by atoms with Crippen molar-refractivity contribution >= 4 is 12.0 Å². The van der Waals surface area contributed by atoms with Crippen LogP contribution < -0.4 is 14.8 Å². The normalized spacial score (nSPS) is 11.0. The zero-order valence-corrected chi connectivity index (χ0v) is 17.5. The van der Waals surface area contributed by atoms with E-state index in [1.54, 1.807) is 25.3 Å². The van der Waals surface area contributed by atoms with Crippen molar-refractivity contribution < 1.29 is 19.4 Å². The van der Waals surface area contributed by atoms with Gasteiger partial charge in [0.2, 0.25) is 5.91 Å². The molecule has 0 radical (unpaired) electrons. The van der Waals surface area contributed by atoms with Crippen LogP contribution in [-0.4, -0.2) is 31.3 Å². The molecule has 2 aromatic carbocycles. The molecule has 156 valence electrons. The maximum atomic E-state index is 12.1. The number of amides is 1. The SMILES string of the molecule is CCC(CC)COc1cc(C=CC(=O)NCCc2ccc(O)cc2)ccc1OC. The van der Waals surface area contributed by atoms with E-state index in [2.05, 4.69) is 19.2 Å². The highest BCUT2D eigenvalue weighted by atomic mass is 16.5. The molecule has 0 bridgehead atoms. The molecule has 0 fully saturated rings. The standard InChI is InChI=1S/C24H31NO4/c1-4-18(5-2)17-29-23-16-20(8-12-22(23)28-3)9-13-24(27)25-15-14-19-6-10-21(26)11-7-19/h6-13,16,18,26H,4-5,14-15,17H2,1-3H3,(H,25,27). The molecule has 5 nitrogen and oxygen atoms in total. The minimum absolute atomic E-state index is 0.154. The molecule has 0 aliphatic rings. The summed E-state index contributed by atoms with van der Waals surface area (Å²) >= 11 is 0. The molecule has 2 rings (SSSR count). The molecule has 0 aliphatic heterocycles. The van der Waals surface area contributed by atoms with E-state index in [4.69, 9.17) is 9.47 Å². The molecule has 1 amide bonds. The molecule has 0 aliphatic carbocycles. The fourth-order valence-corrected chi connectivity index (χ4v) is 2.87. The van der Waals surface area contributed by atoms with Crippen LogP contribution in [0.2, 0.25) is 0 Å². The highest BCUT2D eigenvalue weighted by Crippen LogP contribution is 2.29. The Morgan fingerprint density at radius 1 is 1.10 bits per heavy atom. The number of methoxy groups -OCH3 is 1. The summed E-state index contributed by atoms with van der Waals surface area (Å²) in [6.45, 7) is 5.50. The maximum Gasteiger partial charge on any atom is 0.244 e. The van der Waals surface area contributed by atoms with Gasteiger partial charge in [-0.2, -0.15) is 0 Å². The molecule has 2 N–H and O–H groups in total. The summed E-state index contributed by atoms with van der Waals surface area (Å²) in [5.41, 5.74) is 1.93. The second kappa shape index (κ2) is 11.8. The molecule has 2 aromatic rings. The summed E-state index contributed by atoms with van der Waals surface area (Å²) in [7, 11) is 1.62. The summed E-state index contributed by atoms with van der Waals surface area (Å²) in [4.78, 5) is 12.1. The van der Waals surface area contributed by atoms with E-state index < -0.39 is 0 Å². The van der Waals surface area contributed by atoms with E-state index in [1.165, 1.54) is 6.08 Å². The van der Waals surface area contributed by atoms with Crippen molar-refractivity contribution in [1.29, 1.82) is 0 Å². The Morgan fingerprint density at radius 2 is 1.83 bits per heavy atom. The van der Waals surface area contributed by atoms with Crippen molar-refractivity contribution in [2.45, 2.75) is 33.1 Å². The molecule has 5 heteroatoms. The average Bonchev–Trinajstić information content (AvgIpc) is 2.74. The fraction of sp³-hybridized carbons (Fsp3) is 0.375. The van der Waals surface area contributed by atoms with Gasteiger partial charge in [0.1, 0.15) is 5.75 Å². The first-order chi connectivity index (χ1) is 14.0. The van der Waals surface area contributed by atoms with Gasteiger partial charge in [-0.05, 0) is 53.8 Å². The molecule has 0 unspecified atom stereocenters. The maximum absolute atomic E-state index is 12.1. The van der Waals surface area contributed by atoms with Crippen molar-refractivity contribution in [3.05, 3.63) is 59.7 Å². The van der Waals surface area contributed by atoms with Gasteiger partial charge < -0.3 is 19.9 Å². The number of ether oxygens (including phenoxy) is 2. The lowest BCUT2D eigenvalue weighted by molar-refractivity contribution is -0.116. The predicted octanol–water partition coefficient (Wildman–Crippen LogP) is 4.59. The molecular weight excluding hydrogens is 366 g/mol. The molecule has 29 heavy (non-hydrogen) atoms. The molecule has 0 saturated heterocycles. The number of nitrogens with one attached hydrogen (secondary N) is 1. The number of rotatable bonds is 11. The molecule has 0 saturated carbocycles. The van der Waals surface area contributed by atoms with Gasteiger partial charge in [-0.3, -0.25) is 4.79 Å². The van der Waals surface area contributed by atoms with Gasteiger partial charge in [0, 0.05) is 12.6 Å². The first-order valence-electron chi connectivity index (χ1n) is 10.1. The molecule has 0 aromatic heterocycles. The van der Waals surface area contributed by atoms with Gasteiger partial charge >= 0.3 is 0 Å². The van der Waals surface area contributed by atoms with E-state index in [1.807, 2.05) is 30.3 Å². The van der Waals surface area contributed by atoms with Gasteiger partial charge in [0.15, 0.2) is 11.5 Å². The van der Waals surface area contributed by atoms with Crippen LogP contribution in [0, 0.1) is 5.92 Å². The molecule has 0 heterocycles. The Balaban J connectivity index is 1.90. The average molecular weight is 398 g/mol. The number of benzene rings is 2. The van der Waals surface area contributed by atoms with Crippen LogP contribution in [0.3, 0.4) is 0 Å². The van der Waals surface area contributed by atoms with Gasteiger partial charge in [0.05, 0.1) is 13.7 Å². The number of aromatic hydroxyl groups is 1. The molecule has 0 spiro atoms. The van der Waals surface area contributed by atoms with Gasteiger partial charge in [-0.25, -0.2) is 0 Å². The lowest BCUT2D eigenvalue weighted by Gasteiger charge is -2.16. The van der Waals surface area contributed by atoms with Crippen LogP contribution in [-0.2, 0) is 11.2 Å².